The lowest BCUT2D eigenvalue weighted by Gasteiger charge is -2.24. The number of aromatic nitrogens is 3. The topological polar surface area (TPSA) is 39.8 Å². The minimum absolute atomic E-state index is 0.0197. The van der Waals surface area contributed by atoms with Crippen LogP contribution in [-0.4, -0.2) is 20.0 Å². The lowest BCUT2D eigenvalue weighted by Crippen LogP contribution is -2.30. The molecule has 0 bridgehead atoms. The van der Waals surface area contributed by atoms with E-state index in [2.05, 4.69) is 31.0 Å². The number of fused-ring (bicyclic) bond motifs is 3. The Morgan fingerprint density at radius 3 is 2.78 bits per heavy atom. The predicted molar refractivity (Wildman–Crippen MR) is 90.8 cm³/mol. The second-order valence-corrected chi connectivity index (χ2v) is 6.59. The SMILES string of the molecule is Cc1c2n(c3ccccc13)C(=O)C(Cc1ncn(C)c1C)CC2. The zero-order valence-corrected chi connectivity index (χ0v) is 13.8. The van der Waals surface area contributed by atoms with Crippen molar-refractivity contribution < 1.29 is 4.79 Å². The maximum atomic E-state index is 13.1. The van der Waals surface area contributed by atoms with Crippen LogP contribution in [0.4, 0.5) is 0 Å². The minimum atomic E-state index is 0.0197. The normalized spacial score (nSPS) is 17.7. The van der Waals surface area contributed by atoms with Gasteiger partial charge in [0, 0.05) is 36.2 Å². The molecular weight excluding hydrogens is 286 g/mol. The second-order valence-electron chi connectivity index (χ2n) is 6.59. The molecule has 1 aliphatic rings. The smallest absolute Gasteiger partial charge is 0.234 e. The number of carbonyl (C=O) groups is 1. The van der Waals surface area contributed by atoms with E-state index in [-0.39, 0.29) is 11.8 Å². The average Bonchev–Trinajstić information content (AvgIpc) is 3.03. The van der Waals surface area contributed by atoms with Crippen molar-refractivity contribution in [2.45, 2.75) is 33.1 Å². The standard InChI is InChI=1S/C19H21N3O/c1-12-15-6-4-5-7-18(15)22-17(12)9-8-14(19(22)23)10-16-13(2)21(3)11-20-16/h4-7,11,14H,8-10H2,1-3H3. The molecule has 118 valence electrons. The highest BCUT2D eigenvalue weighted by Crippen LogP contribution is 2.33. The highest BCUT2D eigenvalue weighted by molar-refractivity contribution is 5.97. The second kappa shape index (κ2) is 5.08. The van der Waals surface area contributed by atoms with E-state index in [1.807, 2.05) is 34.6 Å². The molecule has 3 aromatic rings. The van der Waals surface area contributed by atoms with E-state index in [1.54, 1.807) is 0 Å². The molecule has 1 aromatic carbocycles. The fraction of sp³-hybridized carbons (Fsp3) is 0.368. The van der Waals surface area contributed by atoms with Crippen LogP contribution < -0.4 is 0 Å². The fourth-order valence-electron chi connectivity index (χ4n) is 3.79. The fourth-order valence-corrected chi connectivity index (χ4v) is 3.79. The number of imidazole rings is 1. The highest BCUT2D eigenvalue weighted by Gasteiger charge is 2.31. The van der Waals surface area contributed by atoms with Crippen molar-refractivity contribution >= 4 is 16.8 Å². The van der Waals surface area contributed by atoms with Crippen molar-refractivity contribution in [3.8, 4) is 0 Å². The Bertz CT molecular complexity index is 916. The lowest BCUT2D eigenvalue weighted by atomic mass is 9.91. The molecule has 1 atom stereocenters. The van der Waals surface area contributed by atoms with Crippen LogP contribution in [0.2, 0.25) is 0 Å². The minimum Gasteiger partial charge on any atom is -0.338 e. The van der Waals surface area contributed by atoms with Crippen molar-refractivity contribution in [2.24, 2.45) is 13.0 Å². The van der Waals surface area contributed by atoms with E-state index in [1.165, 1.54) is 16.6 Å². The van der Waals surface area contributed by atoms with Gasteiger partial charge in [-0.25, -0.2) is 4.98 Å². The Balaban J connectivity index is 1.75. The molecule has 4 heteroatoms. The van der Waals surface area contributed by atoms with Crippen LogP contribution in [0.25, 0.3) is 10.9 Å². The van der Waals surface area contributed by atoms with Crippen molar-refractivity contribution in [3.63, 3.8) is 0 Å². The number of benzene rings is 1. The van der Waals surface area contributed by atoms with E-state index in [0.29, 0.717) is 0 Å². The average molecular weight is 307 g/mol. The molecule has 1 aliphatic heterocycles. The summed E-state index contributed by atoms with van der Waals surface area (Å²) in [5, 5.41) is 1.20. The molecule has 0 fully saturated rings. The molecule has 0 spiro atoms. The summed E-state index contributed by atoms with van der Waals surface area (Å²) >= 11 is 0. The van der Waals surface area contributed by atoms with Crippen molar-refractivity contribution in [2.75, 3.05) is 0 Å². The monoisotopic (exact) mass is 307 g/mol. The molecule has 4 nitrogen and oxygen atoms in total. The van der Waals surface area contributed by atoms with Gasteiger partial charge in [0.05, 0.1) is 17.5 Å². The highest BCUT2D eigenvalue weighted by atomic mass is 16.2. The number of carbonyl (C=O) groups excluding carboxylic acids is 1. The van der Waals surface area contributed by atoms with E-state index in [4.69, 9.17) is 0 Å². The summed E-state index contributed by atoms with van der Waals surface area (Å²) in [4.78, 5) is 17.6. The summed E-state index contributed by atoms with van der Waals surface area (Å²) in [5.41, 5.74) is 5.68. The Morgan fingerprint density at radius 2 is 2.04 bits per heavy atom. The Kier molecular flexibility index (Phi) is 3.15. The van der Waals surface area contributed by atoms with Crippen molar-refractivity contribution in [1.29, 1.82) is 0 Å². The van der Waals surface area contributed by atoms with Gasteiger partial charge in [-0.3, -0.25) is 9.36 Å². The van der Waals surface area contributed by atoms with Gasteiger partial charge < -0.3 is 4.57 Å². The summed E-state index contributed by atoms with van der Waals surface area (Å²) in [7, 11) is 2.00. The van der Waals surface area contributed by atoms with E-state index in [0.717, 1.165) is 36.2 Å². The van der Waals surface area contributed by atoms with Gasteiger partial charge in [0.1, 0.15) is 0 Å². The molecular formula is C19H21N3O. The molecule has 1 unspecified atom stereocenters. The quantitative estimate of drug-likeness (QED) is 0.727. The van der Waals surface area contributed by atoms with Gasteiger partial charge in [0.2, 0.25) is 5.91 Å². The first kappa shape index (κ1) is 14.2. The number of aryl methyl sites for hydroxylation is 2. The molecule has 4 rings (SSSR count). The Morgan fingerprint density at radius 1 is 1.26 bits per heavy atom. The Labute approximate surface area is 135 Å². The number of hydrogen-bond donors (Lipinski definition) is 0. The van der Waals surface area contributed by atoms with Crippen LogP contribution in [-0.2, 0) is 19.9 Å². The van der Waals surface area contributed by atoms with E-state index >= 15 is 0 Å². The molecule has 0 amide bonds. The van der Waals surface area contributed by atoms with Crippen LogP contribution in [0.3, 0.4) is 0 Å². The number of hydrogen-bond acceptors (Lipinski definition) is 2. The van der Waals surface area contributed by atoms with Crippen LogP contribution in [0.1, 0.15) is 33.9 Å². The van der Waals surface area contributed by atoms with Gasteiger partial charge in [-0.1, -0.05) is 18.2 Å². The summed E-state index contributed by atoms with van der Waals surface area (Å²) < 4.78 is 3.97. The van der Waals surface area contributed by atoms with Crippen molar-refractivity contribution in [1.82, 2.24) is 14.1 Å². The largest absolute Gasteiger partial charge is 0.338 e. The molecule has 0 aliphatic carbocycles. The maximum absolute atomic E-state index is 13.1. The molecule has 0 N–H and O–H groups in total. The summed E-state index contributed by atoms with van der Waals surface area (Å²) in [6.45, 7) is 4.20. The van der Waals surface area contributed by atoms with E-state index in [9.17, 15) is 4.79 Å². The molecule has 23 heavy (non-hydrogen) atoms. The third kappa shape index (κ3) is 2.05. The van der Waals surface area contributed by atoms with Gasteiger partial charge in [-0.15, -0.1) is 0 Å². The number of rotatable bonds is 2. The van der Waals surface area contributed by atoms with Gasteiger partial charge >= 0.3 is 0 Å². The first-order chi connectivity index (χ1) is 11.1. The van der Waals surface area contributed by atoms with Gasteiger partial charge in [-0.05, 0) is 38.3 Å². The summed E-state index contributed by atoms with van der Waals surface area (Å²) in [5.74, 6) is 0.243. The third-order valence-corrected chi connectivity index (χ3v) is 5.32. The molecule has 0 saturated carbocycles. The summed E-state index contributed by atoms with van der Waals surface area (Å²) in [6, 6.07) is 8.22. The first-order valence-electron chi connectivity index (χ1n) is 8.18. The van der Waals surface area contributed by atoms with Crippen molar-refractivity contribution in [3.05, 3.63) is 53.2 Å². The maximum Gasteiger partial charge on any atom is 0.234 e. The predicted octanol–water partition coefficient (Wildman–Crippen LogP) is 3.44. The Hall–Kier alpha value is -2.36. The van der Waals surface area contributed by atoms with Crippen LogP contribution >= 0.6 is 0 Å². The molecule has 0 radical (unpaired) electrons. The zero-order valence-electron chi connectivity index (χ0n) is 13.8. The molecule has 3 heterocycles. The zero-order chi connectivity index (χ0) is 16.1. The third-order valence-electron chi connectivity index (χ3n) is 5.32. The van der Waals surface area contributed by atoms with Crippen LogP contribution in [0.15, 0.2) is 30.6 Å². The van der Waals surface area contributed by atoms with Crippen LogP contribution in [0.5, 0.6) is 0 Å². The lowest BCUT2D eigenvalue weighted by molar-refractivity contribution is 0.0808. The summed E-state index contributed by atoms with van der Waals surface area (Å²) in [6.07, 6.45) is 4.43. The first-order valence-corrected chi connectivity index (χ1v) is 8.18. The van der Waals surface area contributed by atoms with Gasteiger partial charge in [0.15, 0.2) is 0 Å². The van der Waals surface area contributed by atoms with Gasteiger partial charge in [0.25, 0.3) is 0 Å². The van der Waals surface area contributed by atoms with E-state index < -0.39 is 0 Å². The van der Waals surface area contributed by atoms with Gasteiger partial charge in [-0.2, -0.15) is 0 Å². The molecule has 0 saturated heterocycles. The number of nitrogens with zero attached hydrogens (tertiary/aromatic N) is 3. The molecule has 2 aromatic heterocycles. The van der Waals surface area contributed by atoms with Crippen LogP contribution in [0, 0.1) is 19.8 Å². The number of para-hydroxylation sites is 1.